The van der Waals surface area contributed by atoms with Crippen molar-refractivity contribution in [3.8, 4) is 0 Å². The number of nitrogens with zero attached hydrogens (tertiary/aromatic N) is 1. The molecule has 166 valence electrons. The number of thiophene rings is 1. The van der Waals surface area contributed by atoms with Gasteiger partial charge in [-0.15, -0.1) is 22.7 Å². The predicted molar refractivity (Wildman–Crippen MR) is 125 cm³/mol. The van der Waals surface area contributed by atoms with Crippen molar-refractivity contribution in [2.75, 3.05) is 4.72 Å². The first-order valence-corrected chi connectivity index (χ1v) is 12.8. The number of anilines is 1. The first-order chi connectivity index (χ1) is 14.5. The zero-order valence-electron chi connectivity index (χ0n) is 17.5. The number of nitrogens with one attached hydrogen (secondary N) is 2. The van der Waals surface area contributed by atoms with E-state index in [2.05, 4.69) is 11.4 Å². The highest BCUT2D eigenvalue weighted by atomic mass is 32.2. The summed E-state index contributed by atoms with van der Waals surface area (Å²) < 4.78 is 32.9. The Kier molecular flexibility index (Phi) is 7.15. The van der Waals surface area contributed by atoms with Gasteiger partial charge in [0.25, 0.3) is 0 Å². The van der Waals surface area contributed by atoms with Crippen molar-refractivity contribution in [1.29, 1.82) is 0 Å². The van der Waals surface area contributed by atoms with E-state index in [1.807, 2.05) is 42.3 Å². The Morgan fingerprint density at radius 2 is 1.87 bits per heavy atom. The first-order valence-electron chi connectivity index (χ1n) is 9.61. The van der Waals surface area contributed by atoms with E-state index in [1.165, 1.54) is 16.2 Å². The molecule has 3 aromatic rings. The van der Waals surface area contributed by atoms with Crippen LogP contribution in [0.1, 0.15) is 48.0 Å². The maximum atomic E-state index is 12.7. The molecule has 0 aliphatic carbocycles. The molecule has 0 bridgehead atoms. The Bertz CT molecular complexity index is 1120. The molecule has 7 nitrogen and oxygen atoms in total. The second-order valence-electron chi connectivity index (χ2n) is 8.19. The molecule has 2 aromatic heterocycles. The van der Waals surface area contributed by atoms with Gasteiger partial charge in [0.05, 0.1) is 17.4 Å². The summed E-state index contributed by atoms with van der Waals surface area (Å²) in [6.45, 7) is 5.58. The fraction of sp³-hybridized carbons (Fsp3) is 0.333. The van der Waals surface area contributed by atoms with E-state index in [9.17, 15) is 13.2 Å². The van der Waals surface area contributed by atoms with Crippen LogP contribution in [0.3, 0.4) is 0 Å². The molecular weight excluding hydrogens is 454 g/mol. The highest BCUT2D eigenvalue weighted by Gasteiger charge is 2.26. The molecule has 0 saturated heterocycles. The lowest BCUT2D eigenvalue weighted by atomic mass is 9.94. The maximum absolute atomic E-state index is 12.7. The fourth-order valence-corrected chi connectivity index (χ4v) is 4.85. The topological polar surface area (TPSA) is 108 Å². The second-order valence-corrected chi connectivity index (χ2v) is 11.3. The Labute approximate surface area is 190 Å². The van der Waals surface area contributed by atoms with E-state index in [0.717, 1.165) is 22.7 Å². The number of hydrogen-bond acceptors (Lipinski definition) is 6. The molecule has 3 N–H and O–H groups in total. The summed E-state index contributed by atoms with van der Waals surface area (Å²) in [5, 5.41) is 7.99. The normalized spacial score (nSPS) is 13.0. The van der Waals surface area contributed by atoms with Crippen LogP contribution >= 0.6 is 22.7 Å². The average Bonchev–Trinajstić information content (AvgIpc) is 3.33. The summed E-state index contributed by atoms with van der Waals surface area (Å²) in [6.07, 6.45) is 1.25. The van der Waals surface area contributed by atoms with Crippen LogP contribution in [0.2, 0.25) is 0 Å². The van der Waals surface area contributed by atoms with Crippen LogP contribution in [0, 0.1) is 5.41 Å². The molecule has 0 aliphatic rings. The van der Waals surface area contributed by atoms with Crippen molar-refractivity contribution in [3.63, 3.8) is 0 Å². The molecule has 0 radical (unpaired) electrons. The lowest BCUT2D eigenvalue weighted by Crippen LogP contribution is -2.38. The van der Waals surface area contributed by atoms with E-state index < -0.39 is 15.7 Å². The van der Waals surface area contributed by atoms with Gasteiger partial charge >= 0.3 is 10.3 Å². The highest BCUT2D eigenvalue weighted by Crippen LogP contribution is 2.26. The molecular formula is C21H25N3O4S3. The van der Waals surface area contributed by atoms with Gasteiger partial charge in [0.2, 0.25) is 5.91 Å². The van der Waals surface area contributed by atoms with Gasteiger partial charge in [-0.3, -0.25) is 14.1 Å². The molecule has 1 atom stereocenters. The molecule has 10 heteroatoms. The van der Waals surface area contributed by atoms with Gasteiger partial charge in [0, 0.05) is 22.1 Å². The summed E-state index contributed by atoms with van der Waals surface area (Å²) in [5.41, 5.74) is 1.58. The van der Waals surface area contributed by atoms with Crippen LogP contribution in [0.15, 0.2) is 47.2 Å². The summed E-state index contributed by atoms with van der Waals surface area (Å²) >= 11 is 3.20. The van der Waals surface area contributed by atoms with Crippen molar-refractivity contribution in [2.45, 2.75) is 39.7 Å². The van der Waals surface area contributed by atoms with E-state index in [1.54, 1.807) is 35.6 Å². The third-order valence-electron chi connectivity index (χ3n) is 4.43. The Balaban J connectivity index is 1.80. The minimum atomic E-state index is -4.32. The monoisotopic (exact) mass is 479 g/mol. The molecule has 0 spiro atoms. The third-order valence-corrected chi connectivity index (χ3v) is 6.81. The van der Waals surface area contributed by atoms with Crippen LogP contribution in [-0.4, -0.2) is 23.9 Å². The van der Waals surface area contributed by atoms with Crippen molar-refractivity contribution in [1.82, 2.24) is 10.3 Å². The molecule has 0 fully saturated rings. The fourth-order valence-electron chi connectivity index (χ4n) is 2.82. The smallest absolute Gasteiger partial charge is 0.346 e. The molecule has 31 heavy (non-hydrogen) atoms. The average molecular weight is 480 g/mol. The van der Waals surface area contributed by atoms with Crippen LogP contribution in [0.25, 0.3) is 0 Å². The zero-order valence-corrected chi connectivity index (χ0v) is 19.9. The first kappa shape index (κ1) is 23.4. The van der Waals surface area contributed by atoms with E-state index in [4.69, 9.17) is 9.54 Å². The highest BCUT2D eigenvalue weighted by molar-refractivity contribution is 7.87. The quantitative estimate of drug-likeness (QED) is 0.414. The number of carbonyl (C=O) groups is 1. The van der Waals surface area contributed by atoms with Crippen LogP contribution in [0.4, 0.5) is 5.69 Å². The number of rotatable bonds is 8. The lowest BCUT2D eigenvalue weighted by Gasteiger charge is -2.23. The Morgan fingerprint density at radius 1 is 1.16 bits per heavy atom. The molecule has 3 rings (SSSR count). The van der Waals surface area contributed by atoms with Crippen LogP contribution in [-0.2, 0) is 27.9 Å². The third kappa shape index (κ3) is 7.13. The molecule has 0 aliphatic heterocycles. The van der Waals surface area contributed by atoms with E-state index in [-0.39, 0.29) is 17.6 Å². The summed E-state index contributed by atoms with van der Waals surface area (Å²) in [5.74, 6) is -0.0721. The lowest BCUT2D eigenvalue weighted by molar-refractivity contribution is -0.129. The minimum Gasteiger partial charge on any atom is -0.346 e. The van der Waals surface area contributed by atoms with Gasteiger partial charge in [-0.25, -0.2) is 4.98 Å². The maximum Gasteiger partial charge on any atom is 0.357 e. The zero-order chi connectivity index (χ0) is 22.6. The van der Waals surface area contributed by atoms with Crippen molar-refractivity contribution < 1.29 is 17.8 Å². The van der Waals surface area contributed by atoms with Gasteiger partial charge in [-0.2, -0.15) is 8.42 Å². The summed E-state index contributed by atoms with van der Waals surface area (Å²) in [7, 11) is -4.32. The van der Waals surface area contributed by atoms with Crippen LogP contribution < -0.4 is 10.0 Å². The number of aromatic nitrogens is 1. The molecule has 1 aromatic carbocycles. The second kappa shape index (κ2) is 9.47. The summed E-state index contributed by atoms with van der Waals surface area (Å²) in [6, 6.07) is 10.4. The van der Waals surface area contributed by atoms with Gasteiger partial charge in [0.1, 0.15) is 5.01 Å². The molecule has 2 heterocycles. The van der Waals surface area contributed by atoms with Gasteiger partial charge in [0.15, 0.2) is 0 Å². The molecule has 1 unspecified atom stereocenters. The van der Waals surface area contributed by atoms with Gasteiger partial charge < -0.3 is 5.32 Å². The van der Waals surface area contributed by atoms with Crippen molar-refractivity contribution in [3.05, 3.63) is 68.3 Å². The standard InChI is InChI=1S/C21H25N3O4S3/c1-21(2,3)20(25)23-18(11-14-6-8-15(9-7-14)24-31(26,27)28)19-22-16(13-30-19)12-17-5-4-10-29-17/h4-10,13,18,24H,11-12H2,1-3H3,(H,23,25)(H,26,27,28). The molecule has 0 saturated carbocycles. The predicted octanol–water partition coefficient (Wildman–Crippen LogP) is 4.46. The van der Waals surface area contributed by atoms with Gasteiger partial charge in [-0.05, 0) is 35.6 Å². The minimum absolute atomic E-state index is 0.0721. The number of carbonyl (C=O) groups excluding carboxylic acids is 1. The van der Waals surface area contributed by atoms with E-state index >= 15 is 0 Å². The number of amides is 1. The van der Waals surface area contributed by atoms with E-state index in [0.29, 0.717) is 6.42 Å². The Hall–Kier alpha value is -2.27. The molecule has 1 amide bonds. The SMILES string of the molecule is CC(C)(C)C(=O)NC(Cc1ccc(NS(=O)(=O)O)cc1)c1nc(Cc2cccs2)cs1. The summed E-state index contributed by atoms with van der Waals surface area (Å²) in [4.78, 5) is 18.7. The van der Waals surface area contributed by atoms with Crippen molar-refractivity contribution in [2.24, 2.45) is 5.41 Å². The number of benzene rings is 1. The largest absolute Gasteiger partial charge is 0.357 e. The van der Waals surface area contributed by atoms with Crippen LogP contribution in [0.5, 0.6) is 0 Å². The Morgan fingerprint density at radius 3 is 2.45 bits per heavy atom. The number of thiazole rings is 1. The van der Waals surface area contributed by atoms with Gasteiger partial charge in [-0.1, -0.05) is 39.0 Å². The van der Waals surface area contributed by atoms with Crippen molar-refractivity contribution >= 4 is 44.6 Å². The number of hydrogen-bond donors (Lipinski definition) is 3.